The van der Waals surface area contributed by atoms with Crippen molar-refractivity contribution in [3.63, 3.8) is 0 Å². The highest BCUT2D eigenvalue weighted by atomic mass is 16.5. The lowest BCUT2D eigenvalue weighted by Crippen LogP contribution is -2.10. The normalized spacial score (nSPS) is 10.3. The van der Waals surface area contributed by atoms with Gasteiger partial charge in [0.25, 0.3) is 0 Å². The second kappa shape index (κ2) is 9.57. The Morgan fingerprint density at radius 3 is 2.47 bits per heavy atom. The number of rotatable bonds is 7. The van der Waals surface area contributed by atoms with Gasteiger partial charge in [-0.3, -0.25) is 0 Å². The number of hydrogen-bond donors (Lipinski definition) is 1. The number of aromatic amines is 1. The lowest BCUT2D eigenvalue weighted by Gasteiger charge is -2.08. The van der Waals surface area contributed by atoms with Gasteiger partial charge in [-0.05, 0) is 54.3 Å². The molecule has 1 N–H and O–H groups in total. The summed E-state index contributed by atoms with van der Waals surface area (Å²) in [4.78, 5) is 27.5. The first-order valence-electron chi connectivity index (χ1n) is 9.58. The molecular weight excluding hydrogens is 380 g/mol. The standard InChI is InChI=1S/C24H22N2O4/c1-3-30-24(28)22-20(12-16-7-9-19(10-8-16)23(27)29-2)15-26-21(22)13-17-5-4-6-18(11-17)14-25/h4-11,15,26H,3,12-13H2,1-2H3. The predicted octanol–water partition coefficient (Wildman–Crippen LogP) is 4.03. The number of aromatic nitrogens is 1. The smallest absolute Gasteiger partial charge is 0.340 e. The van der Waals surface area contributed by atoms with Crippen LogP contribution >= 0.6 is 0 Å². The number of esters is 2. The van der Waals surface area contributed by atoms with E-state index in [4.69, 9.17) is 14.7 Å². The third-order valence-electron chi connectivity index (χ3n) is 4.73. The maximum Gasteiger partial charge on any atom is 0.340 e. The van der Waals surface area contributed by atoms with Gasteiger partial charge in [0.15, 0.2) is 0 Å². The molecule has 0 saturated heterocycles. The number of carbonyl (C=O) groups excluding carboxylic acids is 2. The lowest BCUT2D eigenvalue weighted by atomic mass is 9.99. The second-order valence-electron chi connectivity index (χ2n) is 6.74. The van der Waals surface area contributed by atoms with Crippen LogP contribution in [0.1, 0.15) is 55.6 Å². The van der Waals surface area contributed by atoms with Crippen molar-refractivity contribution in [2.24, 2.45) is 0 Å². The van der Waals surface area contributed by atoms with Crippen LogP contribution in [0.5, 0.6) is 0 Å². The first kappa shape index (κ1) is 20.9. The number of nitriles is 1. The fourth-order valence-corrected chi connectivity index (χ4v) is 3.30. The third-order valence-corrected chi connectivity index (χ3v) is 4.73. The Morgan fingerprint density at radius 2 is 1.80 bits per heavy atom. The SMILES string of the molecule is CCOC(=O)c1c(Cc2ccc(C(=O)OC)cc2)c[nH]c1Cc1cccc(C#N)c1. The molecule has 1 heterocycles. The number of H-pyrrole nitrogens is 1. The number of nitrogens with one attached hydrogen (secondary N) is 1. The first-order valence-corrected chi connectivity index (χ1v) is 9.58. The van der Waals surface area contributed by atoms with Crippen LogP contribution in [0.2, 0.25) is 0 Å². The van der Waals surface area contributed by atoms with E-state index in [9.17, 15) is 9.59 Å². The zero-order valence-electron chi connectivity index (χ0n) is 16.9. The molecule has 0 aliphatic rings. The topological polar surface area (TPSA) is 92.2 Å². The Morgan fingerprint density at radius 1 is 1.03 bits per heavy atom. The summed E-state index contributed by atoms with van der Waals surface area (Å²) in [6.07, 6.45) is 2.79. The molecular formula is C24H22N2O4. The summed E-state index contributed by atoms with van der Waals surface area (Å²) < 4.78 is 10.0. The van der Waals surface area contributed by atoms with Crippen molar-refractivity contribution in [1.29, 1.82) is 5.26 Å². The molecule has 30 heavy (non-hydrogen) atoms. The molecule has 0 bridgehead atoms. The van der Waals surface area contributed by atoms with E-state index in [2.05, 4.69) is 11.1 Å². The van der Waals surface area contributed by atoms with Crippen LogP contribution in [0.4, 0.5) is 0 Å². The predicted molar refractivity (Wildman–Crippen MR) is 111 cm³/mol. The van der Waals surface area contributed by atoms with Gasteiger partial charge in [0, 0.05) is 18.3 Å². The zero-order chi connectivity index (χ0) is 21.5. The molecule has 0 radical (unpaired) electrons. The maximum absolute atomic E-state index is 12.7. The number of carbonyl (C=O) groups is 2. The third kappa shape index (κ3) is 4.76. The van der Waals surface area contributed by atoms with Gasteiger partial charge in [0.2, 0.25) is 0 Å². The van der Waals surface area contributed by atoms with Gasteiger partial charge < -0.3 is 14.5 Å². The molecule has 3 rings (SSSR count). The van der Waals surface area contributed by atoms with Crippen LogP contribution in [0, 0.1) is 11.3 Å². The number of methoxy groups -OCH3 is 1. The summed E-state index contributed by atoms with van der Waals surface area (Å²) in [6, 6.07) is 16.5. The monoisotopic (exact) mass is 402 g/mol. The Balaban J connectivity index is 1.90. The highest BCUT2D eigenvalue weighted by Gasteiger charge is 2.20. The van der Waals surface area contributed by atoms with E-state index in [-0.39, 0.29) is 12.6 Å². The fraction of sp³-hybridized carbons (Fsp3) is 0.208. The van der Waals surface area contributed by atoms with E-state index in [1.54, 1.807) is 31.2 Å². The van der Waals surface area contributed by atoms with Crippen LogP contribution in [0.25, 0.3) is 0 Å². The molecule has 0 unspecified atom stereocenters. The van der Waals surface area contributed by atoms with Crippen LogP contribution < -0.4 is 0 Å². The van der Waals surface area contributed by atoms with E-state index >= 15 is 0 Å². The van der Waals surface area contributed by atoms with Gasteiger partial charge in [0.05, 0.1) is 36.5 Å². The van der Waals surface area contributed by atoms with Gasteiger partial charge in [-0.1, -0.05) is 24.3 Å². The van der Waals surface area contributed by atoms with Crippen molar-refractivity contribution in [2.75, 3.05) is 13.7 Å². The summed E-state index contributed by atoms with van der Waals surface area (Å²) >= 11 is 0. The van der Waals surface area contributed by atoms with Crippen molar-refractivity contribution in [2.45, 2.75) is 19.8 Å². The molecule has 0 aliphatic carbocycles. The van der Waals surface area contributed by atoms with Crippen molar-refractivity contribution >= 4 is 11.9 Å². The Labute approximate surface area is 175 Å². The average molecular weight is 402 g/mol. The number of ether oxygens (including phenoxy) is 2. The quantitative estimate of drug-likeness (QED) is 0.603. The van der Waals surface area contributed by atoms with Gasteiger partial charge in [0.1, 0.15) is 0 Å². The molecule has 0 fully saturated rings. The molecule has 6 heteroatoms. The minimum atomic E-state index is -0.391. The number of benzene rings is 2. The minimum absolute atomic E-state index is 0.278. The van der Waals surface area contributed by atoms with Gasteiger partial charge in [-0.2, -0.15) is 5.26 Å². The summed E-state index contributed by atoms with van der Waals surface area (Å²) in [5.41, 5.74) is 4.98. The molecule has 2 aromatic carbocycles. The van der Waals surface area contributed by atoms with Crippen molar-refractivity contribution in [3.05, 3.63) is 93.8 Å². The summed E-state index contributed by atoms with van der Waals surface area (Å²) in [6.45, 7) is 2.05. The number of nitrogens with zero attached hydrogens (tertiary/aromatic N) is 1. The van der Waals surface area contributed by atoms with Crippen LogP contribution in [-0.4, -0.2) is 30.6 Å². The highest BCUT2D eigenvalue weighted by Crippen LogP contribution is 2.23. The zero-order valence-corrected chi connectivity index (χ0v) is 16.9. The van der Waals surface area contributed by atoms with E-state index in [0.717, 1.165) is 22.4 Å². The molecule has 1 aromatic heterocycles. The Hall–Kier alpha value is -3.85. The average Bonchev–Trinajstić information content (AvgIpc) is 3.16. The molecule has 0 amide bonds. The van der Waals surface area contributed by atoms with Crippen molar-refractivity contribution in [3.8, 4) is 6.07 Å². The largest absolute Gasteiger partial charge is 0.465 e. The van der Waals surface area contributed by atoms with E-state index < -0.39 is 5.97 Å². The Bertz CT molecular complexity index is 1090. The number of hydrogen-bond acceptors (Lipinski definition) is 5. The molecule has 3 aromatic rings. The second-order valence-corrected chi connectivity index (χ2v) is 6.74. The molecule has 0 spiro atoms. The van der Waals surface area contributed by atoms with Crippen LogP contribution in [0.3, 0.4) is 0 Å². The summed E-state index contributed by atoms with van der Waals surface area (Å²) in [7, 11) is 1.34. The van der Waals surface area contributed by atoms with Crippen molar-refractivity contribution in [1.82, 2.24) is 4.98 Å². The highest BCUT2D eigenvalue weighted by molar-refractivity contribution is 5.93. The van der Waals surface area contributed by atoms with E-state index in [1.165, 1.54) is 7.11 Å². The summed E-state index contributed by atoms with van der Waals surface area (Å²) in [5.74, 6) is -0.774. The summed E-state index contributed by atoms with van der Waals surface area (Å²) in [5, 5.41) is 9.12. The van der Waals surface area contributed by atoms with Crippen LogP contribution in [-0.2, 0) is 22.3 Å². The minimum Gasteiger partial charge on any atom is -0.465 e. The van der Waals surface area contributed by atoms with Crippen molar-refractivity contribution < 1.29 is 19.1 Å². The molecule has 152 valence electrons. The molecule has 6 nitrogen and oxygen atoms in total. The van der Waals surface area contributed by atoms with Gasteiger partial charge in [-0.15, -0.1) is 0 Å². The molecule has 0 aliphatic heterocycles. The van der Waals surface area contributed by atoms with E-state index in [0.29, 0.717) is 29.5 Å². The maximum atomic E-state index is 12.7. The van der Waals surface area contributed by atoms with Crippen LogP contribution in [0.15, 0.2) is 54.7 Å². The first-order chi connectivity index (χ1) is 14.5. The molecule has 0 saturated carbocycles. The molecule has 0 atom stereocenters. The van der Waals surface area contributed by atoms with Gasteiger partial charge >= 0.3 is 11.9 Å². The van der Waals surface area contributed by atoms with E-state index in [1.807, 2.05) is 30.5 Å². The Kier molecular flexibility index (Phi) is 6.66. The fourth-order valence-electron chi connectivity index (χ4n) is 3.30. The van der Waals surface area contributed by atoms with Gasteiger partial charge in [-0.25, -0.2) is 9.59 Å². The lowest BCUT2D eigenvalue weighted by molar-refractivity contribution is 0.0523.